The summed E-state index contributed by atoms with van der Waals surface area (Å²) >= 11 is 0. The van der Waals surface area contributed by atoms with Crippen LogP contribution in [0.2, 0.25) is 0 Å². The number of nitrogens with zero attached hydrogens (tertiary/aromatic N) is 2. The molecule has 0 atom stereocenters. The molecule has 1 heterocycles. The van der Waals surface area contributed by atoms with Crippen molar-refractivity contribution in [2.24, 2.45) is 5.92 Å². The number of rotatable bonds is 4. The molecule has 3 heteroatoms. The maximum Gasteiger partial charge on any atom is 0.226 e. The summed E-state index contributed by atoms with van der Waals surface area (Å²) < 4.78 is 5.31. The molecule has 1 saturated carbocycles. The monoisotopic (exact) mass is 254 g/mol. The summed E-state index contributed by atoms with van der Waals surface area (Å²) in [5.74, 6) is 2.20. The van der Waals surface area contributed by atoms with E-state index in [1.165, 1.54) is 24.0 Å². The van der Waals surface area contributed by atoms with Gasteiger partial charge in [0.05, 0.1) is 0 Å². The Balaban J connectivity index is 1.62. The molecule has 0 aliphatic heterocycles. The number of allylic oxidation sites excluding steroid dienone is 1. The van der Waals surface area contributed by atoms with E-state index in [2.05, 4.69) is 35.8 Å². The highest BCUT2D eigenvalue weighted by atomic mass is 16.5. The van der Waals surface area contributed by atoms with Crippen molar-refractivity contribution in [3.05, 3.63) is 47.9 Å². The largest absolute Gasteiger partial charge is 0.339 e. The third-order valence-corrected chi connectivity index (χ3v) is 3.70. The zero-order valence-electron chi connectivity index (χ0n) is 11.2. The Morgan fingerprint density at radius 3 is 2.68 bits per heavy atom. The van der Waals surface area contributed by atoms with Crippen LogP contribution in [0.1, 0.15) is 30.7 Å². The van der Waals surface area contributed by atoms with E-state index in [1.807, 2.05) is 12.1 Å². The molecule has 19 heavy (non-hydrogen) atoms. The molecule has 1 aromatic heterocycles. The van der Waals surface area contributed by atoms with Crippen LogP contribution in [0, 0.1) is 12.8 Å². The predicted molar refractivity (Wildman–Crippen MR) is 74.7 cm³/mol. The Bertz CT molecular complexity index is 575. The Labute approximate surface area is 113 Å². The first kappa shape index (κ1) is 12.2. The molecule has 2 aromatic rings. The lowest BCUT2D eigenvalue weighted by atomic mass is 9.78. The smallest absolute Gasteiger partial charge is 0.226 e. The fraction of sp³-hybridized carbons (Fsp3) is 0.375. The van der Waals surface area contributed by atoms with E-state index in [1.54, 1.807) is 0 Å². The SMILES string of the molecule is C=C1CC(CCc2nc(-c3ccc(C)cc3)no2)C1. The zero-order chi connectivity index (χ0) is 13.2. The first-order valence-electron chi connectivity index (χ1n) is 6.77. The Hall–Kier alpha value is -1.90. The molecule has 3 nitrogen and oxygen atoms in total. The second kappa shape index (κ2) is 5.00. The topological polar surface area (TPSA) is 38.9 Å². The van der Waals surface area contributed by atoms with Gasteiger partial charge in [-0.2, -0.15) is 4.98 Å². The second-order valence-electron chi connectivity index (χ2n) is 5.44. The van der Waals surface area contributed by atoms with Gasteiger partial charge in [-0.15, -0.1) is 0 Å². The highest BCUT2D eigenvalue weighted by molar-refractivity contribution is 5.54. The fourth-order valence-corrected chi connectivity index (χ4v) is 2.46. The molecule has 98 valence electrons. The molecule has 3 rings (SSSR count). The third kappa shape index (κ3) is 2.75. The van der Waals surface area contributed by atoms with Gasteiger partial charge in [0.25, 0.3) is 0 Å². The van der Waals surface area contributed by atoms with E-state index >= 15 is 0 Å². The molecule has 0 saturated heterocycles. The third-order valence-electron chi connectivity index (χ3n) is 3.70. The van der Waals surface area contributed by atoms with E-state index in [-0.39, 0.29) is 0 Å². The van der Waals surface area contributed by atoms with E-state index < -0.39 is 0 Å². The second-order valence-corrected chi connectivity index (χ2v) is 5.44. The van der Waals surface area contributed by atoms with E-state index in [4.69, 9.17) is 4.52 Å². The number of hydrogen-bond donors (Lipinski definition) is 0. The number of hydrogen-bond acceptors (Lipinski definition) is 3. The van der Waals surface area contributed by atoms with Gasteiger partial charge in [-0.3, -0.25) is 0 Å². The van der Waals surface area contributed by atoms with Gasteiger partial charge in [0.2, 0.25) is 11.7 Å². The van der Waals surface area contributed by atoms with Gasteiger partial charge < -0.3 is 4.52 Å². The molecule has 0 spiro atoms. The van der Waals surface area contributed by atoms with Crippen molar-refractivity contribution in [2.45, 2.75) is 32.6 Å². The number of aromatic nitrogens is 2. The Kier molecular flexibility index (Phi) is 3.20. The van der Waals surface area contributed by atoms with Crippen LogP contribution in [0.5, 0.6) is 0 Å². The maximum absolute atomic E-state index is 5.31. The quantitative estimate of drug-likeness (QED) is 0.776. The van der Waals surface area contributed by atoms with E-state index in [9.17, 15) is 0 Å². The predicted octanol–water partition coefficient (Wildman–Crippen LogP) is 3.94. The molecule has 1 fully saturated rings. The maximum atomic E-state index is 5.31. The molecular weight excluding hydrogens is 236 g/mol. The molecular formula is C16H18N2O. The van der Waals surface area contributed by atoms with E-state index in [0.717, 1.165) is 30.2 Å². The molecule has 0 bridgehead atoms. The highest BCUT2D eigenvalue weighted by Gasteiger charge is 2.21. The highest BCUT2D eigenvalue weighted by Crippen LogP contribution is 2.34. The normalized spacial score (nSPS) is 15.5. The van der Waals surface area contributed by atoms with Crippen LogP contribution >= 0.6 is 0 Å². The molecule has 1 aliphatic rings. The lowest BCUT2D eigenvalue weighted by Crippen LogP contribution is -2.14. The van der Waals surface area contributed by atoms with Crippen molar-refractivity contribution in [1.29, 1.82) is 0 Å². The van der Waals surface area contributed by atoms with Gasteiger partial charge in [-0.25, -0.2) is 0 Å². The lowest BCUT2D eigenvalue weighted by Gasteiger charge is -2.27. The standard InChI is InChI=1S/C16H18N2O/c1-11-3-6-14(7-4-11)16-17-15(19-18-16)8-5-13-9-12(2)10-13/h3-4,6-7,13H,2,5,8-10H2,1H3. The van der Waals surface area contributed by atoms with Crippen LogP contribution in [0.3, 0.4) is 0 Å². The average molecular weight is 254 g/mol. The lowest BCUT2D eigenvalue weighted by molar-refractivity contribution is 0.338. The minimum Gasteiger partial charge on any atom is -0.339 e. The van der Waals surface area contributed by atoms with Gasteiger partial charge in [0, 0.05) is 12.0 Å². The van der Waals surface area contributed by atoms with Crippen LogP contribution in [-0.2, 0) is 6.42 Å². The van der Waals surface area contributed by atoms with Crippen LogP contribution in [0.4, 0.5) is 0 Å². The van der Waals surface area contributed by atoms with Crippen LogP contribution < -0.4 is 0 Å². The van der Waals surface area contributed by atoms with Crippen molar-refractivity contribution >= 4 is 0 Å². The van der Waals surface area contributed by atoms with Crippen molar-refractivity contribution in [2.75, 3.05) is 0 Å². The summed E-state index contributed by atoms with van der Waals surface area (Å²) in [6.45, 7) is 6.03. The van der Waals surface area contributed by atoms with Gasteiger partial charge in [0.15, 0.2) is 0 Å². The van der Waals surface area contributed by atoms with Crippen LogP contribution in [0.25, 0.3) is 11.4 Å². The molecule has 0 radical (unpaired) electrons. The fourth-order valence-electron chi connectivity index (χ4n) is 2.46. The molecule has 1 aliphatic carbocycles. The van der Waals surface area contributed by atoms with Crippen molar-refractivity contribution < 1.29 is 4.52 Å². The molecule has 0 N–H and O–H groups in total. The van der Waals surface area contributed by atoms with Gasteiger partial charge in [-0.05, 0) is 32.1 Å². The zero-order valence-corrected chi connectivity index (χ0v) is 11.2. The van der Waals surface area contributed by atoms with Crippen LogP contribution in [0.15, 0.2) is 40.9 Å². The van der Waals surface area contributed by atoms with Gasteiger partial charge in [-0.1, -0.05) is 47.1 Å². The van der Waals surface area contributed by atoms with Crippen molar-refractivity contribution in [3.8, 4) is 11.4 Å². The first-order valence-corrected chi connectivity index (χ1v) is 6.77. The number of benzene rings is 1. The molecule has 0 unspecified atom stereocenters. The summed E-state index contributed by atoms with van der Waals surface area (Å²) in [6.07, 6.45) is 4.32. The first-order chi connectivity index (χ1) is 9.20. The van der Waals surface area contributed by atoms with Gasteiger partial charge >= 0.3 is 0 Å². The summed E-state index contributed by atoms with van der Waals surface area (Å²) in [5.41, 5.74) is 3.62. The number of aryl methyl sites for hydroxylation is 2. The minimum absolute atomic E-state index is 0.688. The summed E-state index contributed by atoms with van der Waals surface area (Å²) in [4.78, 5) is 4.46. The average Bonchev–Trinajstić information content (AvgIpc) is 2.83. The van der Waals surface area contributed by atoms with Gasteiger partial charge in [0.1, 0.15) is 0 Å². The molecule has 1 aromatic carbocycles. The van der Waals surface area contributed by atoms with Crippen LogP contribution in [-0.4, -0.2) is 10.1 Å². The Morgan fingerprint density at radius 2 is 2.00 bits per heavy atom. The summed E-state index contributed by atoms with van der Waals surface area (Å²) in [6, 6.07) is 8.18. The van der Waals surface area contributed by atoms with E-state index in [0.29, 0.717) is 5.82 Å². The van der Waals surface area contributed by atoms with Crippen molar-refractivity contribution in [1.82, 2.24) is 10.1 Å². The minimum atomic E-state index is 0.688. The summed E-state index contributed by atoms with van der Waals surface area (Å²) in [7, 11) is 0. The molecule has 0 amide bonds. The Morgan fingerprint density at radius 1 is 1.26 bits per heavy atom. The summed E-state index contributed by atoms with van der Waals surface area (Å²) in [5, 5.41) is 4.05. The van der Waals surface area contributed by atoms with Crippen molar-refractivity contribution in [3.63, 3.8) is 0 Å².